The summed E-state index contributed by atoms with van der Waals surface area (Å²) in [7, 11) is 1.42. The van der Waals surface area contributed by atoms with E-state index in [9.17, 15) is 4.79 Å². The number of aryl methyl sites for hydroxylation is 1. The number of carboxylic acids is 1. The zero-order valence-electron chi connectivity index (χ0n) is 8.65. The Bertz CT molecular complexity index is 413. The molecule has 1 aliphatic rings. The molecule has 0 atom stereocenters. The van der Waals surface area contributed by atoms with E-state index in [1.54, 1.807) is 6.92 Å². The van der Waals surface area contributed by atoms with Gasteiger partial charge < -0.3 is 9.84 Å². The maximum absolute atomic E-state index is 11.1. The van der Waals surface area contributed by atoms with Gasteiger partial charge in [-0.15, -0.1) is 0 Å². The van der Waals surface area contributed by atoms with Crippen molar-refractivity contribution >= 4 is 5.97 Å². The van der Waals surface area contributed by atoms with Crippen LogP contribution in [0.3, 0.4) is 0 Å². The minimum absolute atomic E-state index is 0.116. The topological polar surface area (TPSA) is 72.3 Å². The van der Waals surface area contributed by atoms with Crippen molar-refractivity contribution in [3.63, 3.8) is 0 Å². The average Bonchev–Trinajstić information content (AvgIpc) is 2.98. The van der Waals surface area contributed by atoms with Crippen molar-refractivity contribution in [2.45, 2.75) is 25.7 Å². The SMILES string of the molecule is COc1nc(C)nc(C2CC2)c1C(=O)O. The summed E-state index contributed by atoms with van der Waals surface area (Å²) in [6.45, 7) is 1.74. The molecular weight excluding hydrogens is 196 g/mol. The second-order valence-electron chi connectivity index (χ2n) is 3.62. The normalized spacial score (nSPS) is 15.1. The molecule has 1 aliphatic carbocycles. The molecule has 0 spiro atoms. The summed E-state index contributed by atoms with van der Waals surface area (Å²) < 4.78 is 4.97. The Morgan fingerprint density at radius 1 is 1.47 bits per heavy atom. The fourth-order valence-corrected chi connectivity index (χ4v) is 1.57. The third kappa shape index (κ3) is 1.77. The molecule has 0 aliphatic heterocycles. The molecule has 80 valence electrons. The number of aromatic carboxylic acids is 1. The van der Waals surface area contributed by atoms with Crippen LogP contribution >= 0.6 is 0 Å². The van der Waals surface area contributed by atoms with Crippen LogP contribution in [0.25, 0.3) is 0 Å². The fourth-order valence-electron chi connectivity index (χ4n) is 1.57. The van der Waals surface area contributed by atoms with E-state index in [4.69, 9.17) is 9.84 Å². The van der Waals surface area contributed by atoms with Crippen LogP contribution in [0.2, 0.25) is 0 Å². The van der Waals surface area contributed by atoms with E-state index in [0.717, 1.165) is 12.8 Å². The van der Waals surface area contributed by atoms with E-state index in [2.05, 4.69) is 9.97 Å². The van der Waals surface area contributed by atoms with Crippen molar-refractivity contribution in [2.75, 3.05) is 7.11 Å². The van der Waals surface area contributed by atoms with Gasteiger partial charge in [-0.2, -0.15) is 4.98 Å². The Morgan fingerprint density at radius 3 is 2.60 bits per heavy atom. The molecule has 5 nitrogen and oxygen atoms in total. The van der Waals surface area contributed by atoms with Gasteiger partial charge in [0.15, 0.2) is 0 Å². The Labute approximate surface area is 87.1 Å². The number of aromatic nitrogens is 2. The molecule has 1 aromatic heterocycles. The molecular formula is C10H12N2O3. The van der Waals surface area contributed by atoms with Crippen molar-refractivity contribution in [3.8, 4) is 5.88 Å². The standard InChI is InChI=1S/C10H12N2O3/c1-5-11-8(6-3-4-6)7(10(13)14)9(12-5)15-2/h6H,3-4H2,1-2H3,(H,13,14). The van der Waals surface area contributed by atoms with Gasteiger partial charge in [-0.1, -0.05) is 0 Å². The number of hydrogen-bond donors (Lipinski definition) is 1. The fraction of sp³-hybridized carbons (Fsp3) is 0.500. The largest absolute Gasteiger partial charge is 0.480 e. The molecule has 15 heavy (non-hydrogen) atoms. The lowest BCUT2D eigenvalue weighted by Crippen LogP contribution is -2.10. The van der Waals surface area contributed by atoms with E-state index < -0.39 is 5.97 Å². The molecule has 0 bridgehead atoms. The van der Waals surface area contributed by atoms with Gasteiger partial charge in [0.1, 0.15) is 11.4 Å². The number of ether oxygens (including phenoxy) is 1. The lowest BCUT2D eigenvalue weighted by molar-refractivity contribution is 0.0690. The summed E-state index contributed by atoms with van der Waals surface area (Å²) in [5.41, 5.74) is 0.734. The van der Waals surface area contributed by atoms with Gasteiger partial charge in [0.2, 0.25) is 5.88 Å². The van der Waals surface area contributed by atoms with Crippen molar-refractivity contribution < 1.29 is 14.6 Å². The van der Waals surface area contributed by atoms with Crippen LogP contribution in [0.4, 0.5) is 0 Å². The number of nitrogens with zero attached hydrogens (tertiary/aromatic N) is 2. The van der Waals surface area contributed by atoms with Crippen LogP contribution in [-0.2, 0) is 0 Å². The Hall–Kier alpha value is -1.65. The van der Waals surface area contributed by atoms with Gasteiger partial charge in [0.05, 0.1) is 12.8 Å². The predicted molar refractivity (Wildman–Crippen MR) is 52.3 cm³/mol. The Balaban J connectivity index is 2.59. The van der Waals surface area contributed by atoms with Gasteiger partial charge >= 0.3 is 5.97 Å². The molecule has 0 aromatic carbocycles. The molecule has 1 aromatic rings. The van der Waals surface area contributed by atoms with Crippen molar-refractivity contribution in [1.82, 2.24) is 9.97 Å². The number of methoxy groups -OCH3 is 1. The van der Waals surface area contributed by atoms with Crippen LogP contribution in [-0.4, -0.2) is 28.2 Å². The number of rotatable bonds is 3. The first-order valence-corrected chi connectivity index (χ1v) is 4.79. The lowest BCUT2D eigenvalue weighted by Gasteiger charge is -2.09. The molecule has 1 saturated carbocycles. The minimum Gasteiger partial charge on any atom is -0.480 e. The van der Waals surface area contributed by atoms with Crippen molar-refractivity contribution in [3.05, 3.63) is 17.1 Å². The van der Waals surface area contributed by atoms with E-state index in [1.807, 2.05) is 0 Å². The second kappa shape index (κ2) is 3.49. The smallest absolute Gasteiger partial charge is 0.343 e. The summed E-state index contributed by atoms with van der Waals surface area (Å²) in [6, 6.07) is 0. The highest BCUT2D eigenvalue weighted by molar-refractivity contribution is 5.91. The van der Waals surface area contributed by atoms with Gasteiger partial charge in [0.25, 0.3) is 0 Å². The maximum Gasteiger partial charge on any atom is 0.343 e. The Morgan fingerprint density at radius 2 is 2.13 bits per heavy atom. The molecule has 1 heterocycles. The highest BCUT2D eigenvalue weighted by atomic mass is 16.5. The first-order chi connectivity index (χ1) is 7.13. The molecule has 1 N–H and O–H groups in total. The van der Waals surface area contributed by atoms with Gasteiger partial charge in [-0.3, -0.25) is 0 Å². The molecule has 0 amide bonds. The maximum atomic E-state index is 11.1. The summed E-state index contributed by atoms with van der Waals surface area (Å²) in [5, 5.41) is 9.09. The van der Waals surface area contributed by atoms with Crippen LogP contribution in [0.5, 0.6) is 5.88 Å². The number of carboxylic acid groups (broad SMARTS) is 1. The minimum atomic E-state index is -1.02. The predicted octanol–water partition coefficient (Wildman–Crippen LogP) is 1.37. The monoisotopic (exact) mass is 208 g/mol. The molecule has 0 radical (unpaired) electrons. The summed E-state index contributed by atoms with van der Waals surface area (Å²) in [5.74, 6) is -0.0314. The molecule has 0 saturated heterocycles. The first-order valence-electron chi connectivity index (χ1n) is 4.79. The summed E-state index contributed by atoms with van der Waals surface area (Å²) >= 11 is 0. The van der Waals surface area contributed by atoms with Crippen LogP contribution in [0, 0.1) is 6.92 Å². The quantitative estimate of drug-likeness (QED) is 0.812. The van der Waals surface area contributed by atoms with E-state index in [0.29, 0.717) is 11.5 Å². The Kier molecular flexibility index (Phi) is 2.30. The third-order valence-electron chi connectivity index (χ3n) is 2.39. The van der Waals surface area contributed by atoms with E-state index in [-0.39, 0.29) is 17.4 Å². The van der Waals surface area contributed by atoms with Gasteiger partial charge in [0, 0.05) is 5.92 Å². The van der Waals surface area contributed by atoms with Crippen LogP contribution in [0.1, 0.15) is 40.6 Å². The number of hydrogen-bond acceptors (Lipinski definition) is 4. The van der Waals surface area contributed by atoms with Crippen molar-refractivity contribution in [1.29, 1.82) is 0 Å². The third-order valence-corrected chi connectivity index (χ3v) is 2.39. The highest BCUT2D eigenvalue weighted by Gasteiger charge is 2.32. The average molecular weight is 208 g/mol. The van der Waals surface area contributed by atoms with Gasteiger partial charge in [-0.25, -0.2) is 9.78 Å². The molecule has 0 unspecified atom stereocenters. The highest BCUT2D eigenvalue weighted by Crippen LogP contribution is 2.42. The van der Waals surface area contributed by atoms with E-state index >= 15 is 0 Å². The first kappa shape index (κ1) is 9.89. The van der Waals surface area contributed by atoms with Crippen molar-refractivity contribution in [2.24, 2.45) is 0 Å². The molecule has 5 heteroatoms. The van der Waals surface area contributed by atoms with Crippen LogP contribution < -0.4 is 4.74 Å². The summed E-state index contributed by atoms with van der Waals surface area (Å²) in [4.78, 5) is 19.2. The zero-order chi connectivity index (χ0) is 11.0. The van der Waals surface area contributed by atoms with E-state index in [1.165, 1.54) is 7.11 Å². The van der Waals surface area contributed by atoms with Crippen LogP contribution in [0.15, 0.2) is 0 Å². The molecule has 2 rings (SSSR count). The van der Waals surface area contributed by atoms with Gasteiger partial charge in [-0.05, 0) is 19.8 Å². The summed E-state index contributed by atoms with van der Waals surface area (Å²) in [6.07, 6.45) is 2.00. The number of carbonyl (C=O) groups is 1. The zero-order valence-corrected chi connectivity index (χ0v) is 8.65. The second-order valence-corrected chi connectivity index (χ2v) is 3.62. The lowest BCUT2D eigenvalue weighted by atomic mass is 10.1. The molecule has 1 fully saturated rings.